The van der Waals surface area contributed by atoms with Crippen LogP contribution < -0.4 is 10.6 Å². The van der Waals surface area contributed by atoms with Crippen LogP contribution in [-0.4, -0.2) is 37.7 Å². The number of esters is 1. The quantitative estimate of drug-likeness (QED) is 0.642. The molecule has 0 aliphatic rings. The summed E-state index contributed by atoms with van der Waals surface area (Å²) in [7, 11) is 2.01. The number of hydrogen-bond donors (Lipinski definition) is 1. The van der Waals surface area contributed by atoms with Crippen LogP contribution in [0.25, 0.3) is 0 Å². The van der Waals surface area contributed by atoms with E-state index in [1.165, 1.54) is 0 Å². The van der Waals surface area contributed by atoms with E-state index in [0.717, 1.165) is 11.4 Å². The molecule has 0 aliphatic heterocycles. The van der Waals surface area contributed by atoms with Crippen molar-refractivity contribution in [2.75, 3.05) is 36.3 Å². The highest BCUT2D eigenvalue weighted by Crippen LogP contribution is 2.26. The molecule has 1 aromatic rings. The molecule has 0 spiro atoms. The summed E-state index contributed by atoms with van der Waals surface area (Å²) in [6.07, 6.45) is 2.08. The van der Waals surface area contributed by atoms with Gasteiger partial charge < -0.3 is 15.4 Å². The van der Waals surface area contributed by atoms with Gasteiger partial charge in [-0.3, -0.25) is 0 Å². The van der Waals surface area contributed by atoms with Crippen molar-refractivity contribution >= 4 is 29.1 Å². The van der Waals surface area contributed by atoms with Crippen molar-refractivity contribution in [3.8, 4) is 0 Å². The maximum atomic E-state index is 11.6. The van der Waals surface area contributed by atoms with E-state index in [9.17, 15) is 4.79 Å². The summed E-state index contributed by atoms with van der Waals surface area (Å²) in [6.45, 7) is 4.30. The van der Waals surface area contributed by atoms with Gasteiger partial charge in [0.1, 0.15) is 0 Å². The van der Waals surface area contributed by atoms with Gasteiger partial charge in [-0.05, 0) is 38.3 Å². The number of ether oxygens (including phenoxy) is 1. The normalized spacial score (nSPS) is 12.0. The first kappa shape index (κ1) is 15.7. The third-order valence-electron chi connectivity index (χ3n) is 2.99. The lowest BCUT2D eigenvalue weighted by molar-refractivity contribution is 0.0526. The Balaban J connectivity index is 2.91. The van der Waals surface area contributed by atoms with Crippen molar-refractivity contribution < 1.29 is 9.53 Å². The summed E-state index contributed by atoms with van der Waals surface area (Å²) in [5.74, 6) is 0.691. The topological polar surface area (TPSA) is 55.6 Å². The molecule has 0 saturated heterocycles. The highest BCUT2D eigenvalue weighted by molar-refractivity contribution is 7.98. The van der Waals surface area contributed by atoms with Gasteiger partial charge in [0.15, 0.2) is 0 Å². The second kappa shape index (κ2) is 7.28. The van der Waals surface area contributed by atoms with Gasteiger partial charge in [-0.1, -0.05) is 0 Å². The van der Waals surface area contributed by atoms with Crippen LogP contribution in [0.1, 0.15) is 24.2 Å². The summed E-state index contributed by atoms with van der Waals surface area (Å²) in [5, 5.41) is 0. The van der Waals surface area contributed by atoms with Crippen LogP contribution in [0.4, 0.5) is 11.4 Å². The van der Waals surface area contributed by atoms with Crippen LogP contribution in [0, 0.1) is 0 Å². The zero-order valence-electron chi connectivity index (χ0n) is 12.0. The van der Waals surface area contributed by atoms with Crippen molar-refractivity contribution in [3.63, 3.8) is 0 Å². The molecule has 0 radical (unpaired) electrons. The van der Waals surface area contributed by atoms with Gasteiger partial charge in [0.25, 0.3) is 0 Å². The monoisotopic (exact) mass is 282 g/mol. The number of thioether (sulfide) groups is 1. The van der Waals surface area contributed by atoms with E-state index >= 15 is 0 Å². The third kappa shape index (κ3) is 4.06. The molecule has 5 heteroatoms. The van der Waals surface area contributed by atoms with Gasteiger partial charge in [-0.25, -0.2) is 4.79 Å². The molecular weight excluding hydrogens is 260 g/mol. The van der Waals surface area contributed by atoms with E-state index in [1.54, 1.807) is 30.8 Å². The van der Waals surface area contributed by atoms with Crippen LogP contribution >= 0.6 is 11.8 Å². The predicted octanol–water partition coefficient (Wildman–Crippen LogP) is 2.63. The van der Waals surface area contributed by atoms with E-state index in [-0.39, 0.29) is 5.97 Å². The minimum Gasteiger partial charge on any atom is -0.462 e. The standard InChI is InChI=1S/C14H22N2O2S/c1-5-18-14(17)11-6-7-13(12(15)8-11)16(3)10(2)9-19-4/h6-8,10H,5,9,15H2,1-4H3. The van der Waals surface area contributed by atoms with Gasteiger partial charge in [-0.15, -0.1) is 0 Å². The summed E-state index contributed by atoms with van der Waals surface area (Å²) in [6, 6.07) is 5.69. The van der Waals surface area contributed by atoms with Crippen molar-refractivity contribution in [2.45, 2.75) is 19.9 Å². The minimum atomic E-state index is -0.333. The zero-order chi connectivity index (χ0) is 14.4. The number of carbonyl (C=O) groups excluding carboxylic acids is 1. The van der Waals surface area contributed by atoms with Gasteiger partial charge >= 0.3 is 5.97 Å². The Morgan fingerprint density at radius 2 is 2.21 bits per heavy atom. The molecule has 0 saturated carbocycles. The average Bonchev–Trinajstić information content (AvgIpc) is 2.38. The fraction of sp³-hybridized carbons (Fsp3) is 0.500. The van der Waals surface area contributed by atoms with Crippen LogP contribution in [0.5, 0.6) is 0 Å². The molecule has 1 atom stereocenters. The first-order chi connectivity index (χ1) is 9.01. The van der Waals surface area contributed by atoms with Crippen LogP contribution in [-0.2, 0) is 4.74 Å². The molecule has 0 fully saturated rings. The number of anilines is 2. The van der Waals surface area contributed by atoms with Crippen LogP contribution in [0.2, 0.25) is 0 Å². The SMILES string of the molecule is CCOC(=O)c1ccc(N(C)C(C)CSC)c(N)c1. The molecule has 0 heterocycles. The molecule has 1 unspecified atom stereocenters. The Labute approximate surface area is 119 Å². The Kier molecular flexibility index (Phi) is 6.02. The number of nitrogens with two attached hydrogens (primary N) is 1. The maximum Gasteiger partial charge on any atom is 0.338 e. The zero-order valence-corrected chi connectivity index (χ0v) is 12.8. The fourth-order valence-corrected chi connectivity index (χ4v) is 2.51. The summed E-state index contributed by atoms with van der Waals surface area (Å²) in [5.41, 5.74) is 8.07. The summed E-state index contributed by atoms with van der Waals surface area (Å²) < 4.78 is 4.96. The largest absolute Gasteiger partial charge is 0.462 e. The van der Waals surface area contributed by atoms with E-state index in [2.05, 4.69) is 18.1 Å². The number of carbonyl (C=O) groups is 1. The van der Waals surface area contributed by atoms with Gasteiger partial charge in [-0.2, -0.15) is 11.8 Å². The smallest absolute Gasteiger partial charge is 0.338 e. The van der Waals surface area contributed by atoms with Gasteiger partial charge in [0.2, 0.25) is 0 Å². The highest BCUT2D eigenvalue weighted by Gasteiger charge is 2.14. The summed E-state index contributed by atoms with van der Waals surface area (Å²) >= 11 is 1.80. The Hall–Kier alpha value is -1.36. The number of benzene rings is 1. The van der Waals surface area contributed by atoms with Gasteiger partial charge in [0.05, 0.1) is 23.5 Å². The van der Waals surface area contributed by atoms with Crippen molar-refractivity contribution in [1.29, 1.82) is 0 Å². The van der Waals surface area contributed by atoms with E-state index < -0.39 is 0 Å². The molecular formula is C14H22N2O2S. The summed E-state index contributed by atoms with van der Waals surface area (Å²) in [4.78, 5) is 13.7. The van der Waals surface area contributed by atoms with Crippen molar-refractivity contribution in [3.05, 3.63) is 23.8 Å². The van der Waals surface area contributed by atoms with E-state index in [0.29, 0.717) is 23.9 Å². The molecule has 1 rings (SSSR count). The first-order valence-corrected chi connectivity index (χ1v) is 7.69. The number of hydrogen-bond acceptors (Lipinski definition) is 5. The Morgan fingerprint density at radius 3 is 2.74 bits per heavy atom. The molecule has 4 nitrogen and oxygen atoms in total. The lowest BCUT2D eigenvalue weighted by Gasteiger charge is -2.27. The Morgan fingerprint density at radius 1 is 1.53 bits per heavy atom. The number of nitrogen functional groups attached to an aromatic ring is 1. The van der Waals surface area contributed by atoms with Crippen LogP contribution in [0.15, 0.2) is 18.2 Å². The second-order valence-electron chi connectivity index (χ2n) is 4.41. The van der Waals surface area contributed by atoms with Crippen molar-refractivity contribution in [2.24, 2.45) is 0 Å². The average molecular weight is 282 g/mol. The lowest BCUT2D eigenvalue weighted by atomic mass is 10.1. The first-order valence-electron chi connectivity index (χ1n) is 6.29. The van der Waals surface area contributed by atoms with Crippen LogP contribution in [0.3, 0.4) is 0 Å². The lowest BCUT2D eigenvalue weighted by Crippen LogP contribution is -2.31. The third-order valence-corrected chi connectivity index (χ3v) is 3.80. The molecule has 0 bridgehead atoms. The fourth-order valence-electron chi connectivity index (χ4n) is 1.81. The van der Waals surface area contributed by atoms with Gasteiger partial charge in [0, 0.05) is 18.8 Å². The number of nitrogens with zero attached hydrogens (tertiary/aromatic N) is 1. The van der Waals surface area contributed by atoms with Crippen molar-refractivity contribution in [1.82, 2.24) is 0 Å². The van der Waals surface area contributed by atoms with E-state index in [1.807, 2.05) is 13.1 Å². The second-order valence-corrected chi connectivity index (χ2v) is 5.32. The highest BCUT2D eigenvalue weighted by atomic mass is 32.2. The minimum absolute atomic E-state index is 0.333. The Bertz CT molecular complexity index is 437. The molecule has 106 valence electrons. The maximum absolute atomic E-state index is 11.6. The molecule has 19 heavy (non-hydrogen) atoms. The molecule has 0 aromatic heterocycles. The molecule has 1 aromatic carbocycles. The molecule has 2 N–H and O–H groups in total. The van der Waals surface area contributed by atoms with E-state index in [4.69, 9.17) is 10.5 Å². The number of rotatable bonds is 6. The predicted molar refractivity (Wildman–Crippen MR) is 83.1 cm³/mol. The molecule has 0 aliphatic carbocycles. The molecule has 0 amide bonds.